The zero-order valence-electron chi connectivity index (χ0n) is 14.8. The van der Waals surface area contributed by atoms with Crippen LogP contribution in [0.2, 0.25) is 0 Å². The third kappa shape index (κ3) is 4.12. The molecule has 0 radical (unpaired) electrons. The molecule has 26 heavy (non-hydrogen) atoms. The number of methoxy groups -OCH3 is 2. The molecular weight excluding hydrogens is 360 g/mol. The van der Waals surface area contributed by atoms with Gasteiger partial charge in [0.1, 0.15) is 11.5 Å². The van der Waals surface area contributed by atoms with Crippen molar-refractivity contribution in [1.29, 1.82) is 0 Å². The standard InChI is InChI=1S/C17H20N2O6S/c1-11-5-6-13(19(20)21)9-17(11)26(22,23)18-12(2)15-10-14(24-3)7-8-16(15)25-4/h5-10,12,18H,1-4H3/t12-/m1/s1. The van der Waals surface area contributed by atoms with Crippen molar-refractivity contribution in [2.75, 3.05) is 14.2 Å². The molecule has 0 saturated carbocycles. The minimum absolute atomic E-state index is 0.139. The zero-order valence-corrected chi connectivity index (χ0v) is 15.7. The Labute approximate surface area is 152 Å². The van der Waals surface area contributed by atoms with Crippen LogP contribution in [-0.2, 0) is 10.0 Å². The van der Waals surface area contributed by atoms with Crippen molar-refractivity contribution in [3.05, 3.63) is 57.6 Å². The Kier molecular flexibility index (Phi) is 5.83. The van der Waals surface area contributed by atoms with Gasteiger partial charge < -0.3 is 9.47 Å². The highest BCUT2D eigenvalue weighted by Gasteiger charge is 2.24. The van der Waals surface area contributed by atoms with Crippen LogP contribution in [0.1, 0.15) is 24.1 Å². The third-order valence-corrected chi connectivity index (χ3v) is 5.59. The summed E-state index contributed by atoms with van der Waals surface area (Å²) in [6, 6.07) is 8.13. The summed E-state index contributed by atoms with van der Waals surface area (Å²) < 4.78 is 38.5. The molecule has 2 aromatic carbocycles. The highest BCUT2D eigenvalue weighted by atomic mass is 32.2. The lowest BCUT2D eigenvalue weighted by molar-refractivity contribution is -0.385. The number of hydrogen-bond donors (Lipinski definition) is 1. The molecule has 0 fully saturated rings. The summed E-state index contributed by atoms with van der Waals surface area (Å²) in [7, 11) is -1.000. The molecule has 140 valence electrons. The molecule has 1 atom stereocenters. The predicted octanol–water partition coefficient (Wildman–Crippen LogP) is 2.96. The van der Waals surface area contributed by atoms with Crippen molar-refractivity contribution in [3.8, 4) is 11.5 Å². The number of rotatable bonds is 7. The molecule has 8 nitrogen and oxygen atoms in total. The van der Waals surface area contributed by atoms with Crippen LogP contribution in [-0.4, -0.2) is 27.6 Å². The lowest BCUT2D eigenvalue weighted by atomic mass is 10.1. The van der Waals surface area contributed by atoms with Crippen LogP contribution >= 0.6 is 0 Å². The maximum atomic E-state index is 12.8. The highest BCUT2D eigenvalue weighted by molar-refractivity contribution is 7.89. The molecule has 0 aliphatic carbocycles. The molecule has 0 aliphatic rings. The molecule has 2 aromatic rings. The fraction of sp³-hybridized carbons (Fsp3) is 0.294. The number of nitrogens with zero attached hydrogens (tertiary/aromatic N) is 1. The predicted molar refractivity (Wildman–Crippen MR) is 96.1 cm³/mol. The van der Waals surface area contributed by atoms with E-state index in [1.165, 1.54) is 26.4 Å². The first kappa shape index (κ1) is 19.7. The van der Waals surface area contributed by atoms with Gasteiger partial charge in [0.2, 0.25) is 10.0 Å². The zero-order chi connectivity index (χ0) is 19.5. The molecule has 0 aliphatic heterocycles. The molecule has 9 heteroatoms. The van der Waals surface area contributed by atoms with Gasteiger partial charge in [0.15, 0.2) is 0 Å². The number of non-ortho nitro benzene ring substituents is 1. The normalized spacial score (nSPS) is 12.5. The summed E-state index contributed by atoms with van der Waals surface area (Å²) in [5.74, 6) is 1.05. The Balaban J connectivity index is 2.41. The third-order valence-electron chi connectivity index (χ3n) is 3.91. The number of benzene rings is 2. The van der Waals surface area contributed by atoms with E-state index in [0.29, 0.717) is 22.6 Å². The Bertz CT molecular complexity index is 927. The average molecular weight is 380 g/mol. The smallest absolute Gasteiger partial charge is 0.270 e. The van der Waals surface area contributed by atoms with Crippen LogP contribution < -0.4 is 14.2 Å². The number of ether oxygens (including phenoxy) is 2. The van der Waals surface area contributed by atoms with Crippen molar-refractivity contribution in [3.63, 3.8) is 0 Å². The number of sulfonamides is 1. The quantitative estimate of drug-likeness (QED) is 0.584. The topological polar surface area (TPSA) is 108 Å². The molecule has 2 rings (SSSR count). The second-order valence-electron chi connectivity index (χ2n) is 5.66. The van der Waals surface area contributed by atoms with Crippen LogP contribution in [0.3, 0.4) is 0 Å². The maximum Gasteiger partial charge on any atom is 0.270 e. The van der Waals surface area contributed by atoms with E-state index in [0.717, 1.165) is 6.07 Å². The summed E-state index contributed by atoms with van der Waals surface area (Å²) in [4.78, 5) is 10.2. The molecular formula is C17H20N2O6S. The number of nitro groups is 1. The summed E-state index contributed by atoms with van der Waals surface area (Å²) in [6.45, 7) is 3.23. The van der Waals surface area contributed by atoms with Gasteiger partial charge in [0, 0.05) is 23.7 Å². The van der Waals surface area contributed by atoms with E-state index in [1.807, 2.05) is 0 Å². The van der Waals surface area contributed by atoms with Crippen molar-refractivity contribution in [2.45, 2.75) is 24.8 Å². The van der Waals surface area contributed by atoms with Crippen LogP contribution in [0.15, 0.2) is 41.3 Å². The fourth-order valence-corrected chi connectivity index (χ4v) is 4.02. The van der Waals surface area contributed by atoms with Crippen LogP contribution in [0.5, 0.6) is 11.5 Å². The molecule has 0 heterocycles. The van der Waals surface area contributed by atoms with Crippen molar-refractivity contribution in [1.82, 2.24) is 4.72 Å². The molecule has 0 spiro atoms. The lowest BCUT2D eigenvalue weighted by Gasteiger charge is -2.19. The SMILES string of the molecule is COc1ccc(OC)c([C@@H](C)NS(=O)(=O)c2cc([N+](=O)[O-])ccc2C)c1. The van der Waals surface area contributed by atoms with E-state index < -0.39 is 21.0 Å². The Morgan fingerprint density at radius 1 is 1.12 bits per heavy atom. The van der Waals surface area contributed by atoms with Crippen molar-refractivity contribution >= 4 is 15.7 Å². The van der Waals surface area contributed by atoms with Gasteiger partial charge in [-0.15, -0.1) is 0 Å². The molecule has 0 amide bonds. The summed E-state index contributed by atoms with van der Waals surface area (Å²) in [6.07, 6.45) is 0. The Morgan fingerprint density at radius 2 is 1.81 bits per heavy atom. The minimum atomic E-state index is -3.99. The number of aryl methyl sites for hydroxylation is 1. The Hall–Kier alpha value is -2.65. The van der Waals surface area contributed by atoms with Crippen LogP contribution in [0, 0.1) is 17.0 Å². The van der Waals surface area contributed by atoms with Gasteiger partial charge in [-0.3, -0.25) is 10.1 Å². The molecule has 0 bridgehead atoms. The largest absolute Gasteiger partial charge is 0.497 e. The van der Waals surface area contributed by atoms with Crippen molar-refractivity contribution in [2.24, 2.45) is 0 Å². The van der Waals surface area contributed by atoms with E-state index in [4.69, 9.17) is 9.47 Å². The maximum absolute atomic E-state index is 12.8. The number of nitrogens with one attached hydrogen (secondary N) is 1. The van der Waals surface area contributed by atoms with Crippen LogP contribution in [0.4, 0.5) is 5.69 Å². The fourth-order valence-electron chi connectivity index (χ4n) is 2.53. The minimum Gasteiger partial charge on any atom is -0.497 e. The molecule has 1 N–H and O–H groups in total. The van der Waals surface area contributed by atoms with Crippen LogP contribution in [0.25, 0.3) is 0 Å². The molecule has 0 unspecified atom stereocenters. The highest BCUT2D eigenvalue weighted by Crippen LogP contribution is 2.31. The van der Waals surface area contributed by atoms with Gasteiger partial charge in [0.25, 0.3) is 5.69 Å². The molecule has 0 saturated heterocycles. The lowest BCUT2D eigenvalue weighted by Crippen LogP contribution is -2.28. The van der Waals surface area contributed by atoms with Gasteiger partial charge in [-0.1, -0.05) is 6.07 Å². The summed E-state index contributed by atoms with van der Waals surface area (Å²) in [5.41, 5.74) is 0.703. The van der Waals surface area contributed by atoms with E-state index in [-0.39, 0.29) is 10.6 Å². The monoisotopic (exact) mass is 380 g/mol. The second kappa shape index (κ2) is 7.71. The second-order valence-corrected chi connectivity index (χ2v) is 7.34. The Morgan fingerprint density at radius 3 is 2.38 bits per heavy atom. The van der Waals surface area contributed by atoms with Gasteiger partial charge in [-0.2, -0.15) is 0 Å². The van der Waals surface area contributed by atoms with Crippen molar-refractivity contribution < 1.29 is 22.8 Å². The van der Waals surface area contributed by atoms with Gasteiger partial charge in [-0.05, 0) is 37.6 Å². The summed E-state index contributed by atoms with van der Waals surface area (Å²) >= 11 is 0. The van der Waals surface area contributed by atoms with E-state index >= 15 is 0 Å². The van der Waals surface area contributed by atoms with E-state index in [1.54, 1.807) is 32.0 Å². The average Bonchev–Trinajstić information content (AvgIpc) is 2.60. The van der Waals surface area contributed by atoms with Gasteiger partial charge in [0.05, 0.1) is 24.0 Å². The first-order chi connectivity index (χ1) is 12.2. The number of hydrogen-bond acceptors (Lipinski definition) is 6. The molecule has 0 aromatic heterocycles. The first-order valence-corrected chi connectivity index (χ1v) is 9.17. The number of nitro benzene ring substituents is 1. The first-order valence-electron chi connectivity index (χ1n) is 7.69. The van der Waals surface area contributed by atoms with E-state index in [2.05, 4.69) is 4.72 Å². The van der Waals surface area contributed by atoms with Gasteiger partial charge >= 0.3 is 0 Å². The van der Waals surface area contributed by atoms with E-state index in [9.17, 15) is 18.5 Å². The van der Waals surface area contributed by atoms with Gasteiger partial charge in [-0.25, -0.2) is 13.1 Å². The summed E-state index contributed by atoms with van der Waals surface area (Å²) in [5, 5.41) is 10.9.